The molecule has 0 heterocycles. The maximum Gasteiger partial charge on any atom is 0.0329 e. The van der Waals surface area contributed by atoms with E-state index < -0.39 is 0 Å². The van der Waals surface area contributed by atoms with Crippen LogP contribution >= 0.6 is 15.9 Å². The quantitative estimate of drug-likeness (QED) is 0.225. The molecule has 0 nitrogen and oxygen atoms in total. The minimum absolute atomic E-state index is 0.0706. The summed E-state index contributed by atoms with van der Waals surface area (Å²) in [6.45, 7) is 4.70. The summed E-state index contributed by atoms with van der Waals surface area (Å²) in [5.74, 6) is 0. The molecule has 0 unspecified atom stereocenters. The van der Waals surface area contributed by atoms with E-state index in [9.17, 15) is 0 Å². The summed E-state index contributed by atoms with van der Waals surface area (Å²) in [4.78, 5) is 0. The van der Waals surface area contributed by atoms with Gasteiger partial charge in [-0.2, -0.15) is 0 Å². The molecule has 162 valence electrons. The largest absolute Gasteiger partial charge is 0.0619 e. The highest BCUT2D eigenvalue weighted by Gasteiger charge is 2.31. The monoisotopic (exact) mass is 498 g/mol. The standard InChI is InChI=1S/C33H23Br/c1-33(2)29-13-6-5-10-23(29)17-28-30(33)19-26-27(32(28)34)18-24-11-7-12-25(31(24)26)22-15-14-20-8-3-4-9-21(20)16-22/h3-19H,1-2H3. The van der Waals surface area contributed by atoms with E-state index in [1.165, 1.54) is 69.5 Å². The van der Waals surface area contributed by atoms with Gasteiger partial charge in [-0.3, -0.25) is 0 Å². The fraction of sp³-hybridized carbons (Fsp3) is 0.0909. The van der Waals surface area contributed by atoms with Gasteiger partial charge in [0.2, 0.25) is 0 Å². The van der Waals surface area contributed by atoms with Crippen molar-refractivity contribution in [3.05, 3.63) is 139 Å². The zero-order chi connectivity index (χ0) is 23.0. The third-order valence-electron chi connectivity index (χ3n) is 7.68. The number of hydrogen-bond acceptors (Lipinski definition) is 0. The molecule has 0 amide bonds. The summed E-state index contributed by atoms with van der Waals surface area (Å²) in [5, 5.41) is 7.81. The van der Waals surface area contributed by atoms with Gasteiger partial charge in [0.15, 0.2) is 0 Å². The molecule has 0 aliphatic heterocycles. The van der Waals surface area contributed by atoms with Crippen molar-refractivity contribution in [2.45, 2.75) is 19.3 Å². The van der Waals surface area contributed by atoms with Crippen molar-refractivity contribution in [3.8, 4) is 11.1 Å². The summed E-state index contributed by atoms with van der Waals surface area (Å²) in [5.41, 5.74) is 7.86. The van der Waals surface area contributed by atoms with E-state index in [0.717, 1.165) is 0 Å². The van der Waals surface area contributed by atoms with Crippen molar-refractivity contribution in [1.82, 2.24) is 0 Å². The molecule has 5 aromatic rings. The van der Waals surface area contributed by atoms with Crippen LogP contribution in [0.25, 0.3) is 34.1 Å². The van der Waals surface area contributed by atoms with Gasteiger partial charge in [-0.05, 0) is 105 Å². The Labute approximate surface area is 207 Å². The highest BCUT2D eigenvalue weighted by Crippen LogP contribution is 2.38. The summed E-state index contributed by atoms with van der Waals surface area (Å²) < 4.78 is 1.20. The minimum Gasteiger partial charge on any atom is -0.0619 e. The molecule has 0 N–H and O–H groups in total. The van der Waals surface area contributed by atoms with Crippen molar-refractivity contribution in [2.75, 3.05) is 0 Å². The molecule has 0 fully saturated rings. The molecule has 0 saturated heterocycles. The number of halogens is 1. The van der Waals surface area contributed by atoms with Gasteiger partial charge in [0.05, 0.1) is 0 Å². The Kier molecular flexibility index (Phi) is 4.14. The second-order valence-corrected chi connectivity index (χ2v) is 10.7. The van der Waals surface area contributed by atoms with E-state index in [1.807, 2.05) is 0 Å². The third-order valence-corrected chi connectivity index (χ3v) is 8.53. The summed E-state index contributed by atoms with van der Waals surface area (Å²) >= 11 is 4.03. The second kappa shape index (κ2) is 7.04. The molecule has 0 bridgehead atoms. The van der Waals surface area contributed by atoms with Gasteiger partial charge in [0, 0.05) is 9.89 Å². The lowest BCUT2D eigenvalue weighted by Gasteiger charge is -2.32. The average Bonchev–Trinajstić information content (AvgIpc) is 3.24. The van der Waals surface area contributed by atoms with Crippen molar-refractivity contribution < 1.29 is 0 Å². The van der Waals surface area contributed by atoms with Crippen LogP contribution in [-0.2, 0) is 5.41 Å². The molecule has 0 atom stereocenters. The van der Waals surface area contributed by atoms with E-state index in [4.69, 9.17) is 0 Å². The Morgan fingerprint density at radius 3 is 2.35 bits per heavy atom. The van der Waals surface area contributed by atoms with Gasteiger partial charge in [0.25, 0.3) is 0 Å². The Bertz CT molecular complexity index is 1890. The second-order valence-electron chi connectivity index (χ2n) is 9.95. The van der Waals surface area contributed by atoms with Crippen LogP contribution < -0.4 is 10.4 Å². The topological polar surface area (TPSA) is 0 Å². The lowest BCUT2D eigenvalue weighted by molar-refractivity contribution is 0.628. The first-order valence-electron chi connectivity index (χ1n) is 11.8. The van der Waals surface area contributed by atoms with E-state index >= 15 is 0 Å². The summed E-state index contributed by atoms with van der Waals surface area (Å²) in [6, 6.07) is 33.4. The molecule has 2 aliphatic carbocycles. The SMILES string of the molecule is CC1(C)c2ccccc2C=c2c1cc1c(c2Br)C=c2cccc(-c3ccc4ccccc4c3)c2=1. The van der Waals surface area contributed by atoms with Crippen molar-refractivity contribution >= 4 is 38.9 Å². The van der Waals surface area contributed by atoms with E-state index in [-0.39, 0.29) is 5.41 Å². The van der Waals surface area contributed by atoms with Gasteiger partial charge >= 0.3 is 0 Å². The highest BCUT2D eigenvalue weighted by atomic mass is 79.9. The zero-order valence-electron chi connectivity index (χ0n) is 19.2. The van der Waals surface area contributed by atoms with Crippen LogP contribution in [0.15, 0.2) is 95.5 Å². The van der Waals surface area contributed by atoms with Crippen molar-refractivity contribution in [1.29, 1.82) is 0 Å². The Hall–Kier alpha value is -3.42. The fourth-order valence-corrected chi connectivity index (χ4v) is 6.58. The maximum absolute atomic E-state index is 4.03. The van der Waals surface area contributed by atoms with E-state index in [1.54, 1.807) is 0 Å². The van der Waals surface area contributed by atoms with E-state index in [2.05, 4.69) is 133 Å². The predicted molar refractivity (Wildman–Crippen MR) is 146 cm³/mol. The first kappa shape index (κ1) is 20.0. The van der Waals surface area contributed by atoms with Crippen LogP contribution in [0.2, 0.25) is 0 Å². The molecular formula is C33H23Br. The van der Waals surface area contributed by atoms with Crippen molar-refractivity contribution in [2.24, 2.45) is 0 Å². The molecule has 2 aliphatic rings. The van der Waals surface area contributed by atoms with Gasteiger partial charge in [-0.15, -0.1) is 0 Å². The average molecular weight is 499 g/mol. The van der Waals surface area contributed by atoms with Crippen LogP contribution in [0.5, 0.6) is 0 Å². The van der Waals surface area contributed by atoms with Gasteiger partial charge < -0.3 is 0 Å². The molecule has 7 rings (SSSR count). The Morgan fingerprint density at radius 2 is 1.47 bits per heavy atom. The lowest BCUT2D eigenvalue weighted by Crippen LogP contribution is -2.32. The molecule has 0 saturated carbocycles. The summed E-state index contributed by atoms with van der Waals surface area (Å²) in [6.07, 6.45) is 4.70. The molecule has 34 heavy (non-hydrogen) atoms. The van der Waals surface area contributed by atoms with Crippen molar-refractivity contribution in [3.63, 3.8) is 0 Å². The van der Waals surface area contributed by atoms with Crippen LogP contribution in [0, 0.1) is 10.4 Å². The molecule has 0 spiro atoms. The van der Waals surface area contributed by atoms with Crippen LogP contribution in [0.1, 0.15) is 36.1 Å². The number of rotatable bonds is 1. The maximum atomic E-state index is 4.03. The number of fused-ring (bicyclic) bond motifs is 5. The molecule has 0 radical (unpaired) electrons. The Balaban J connectivity index is 1.61. The first-order chi connectivity index (χ1) is 16.5. The van der Waals surface area contributed by atoms with Gasteiger partial charge in [-0.25, -0.2) is 0 Å². The number of benzene rings is 5. The zero-order valence-corrected chi connectivity index (χ0v) is 20.8. The normalized spacial score (nSPS) is 14.4. The van der Waals surface area contributed by atoms with Crippen LogP contribution in [-0.4, -0.2) is 0 Å². The fourth-order valence-electron chi connectivity index (χ4n) is 5.92. The smallest absolute Gasteiger partial charge is 0.0329 e. The molecule has 0 aromatic heterocycles. The lowest BCUT2D eigenvalue weighted by atomic mass is 9.72. The minimum atomic E-state index is -0.0706. The molecule has 5 aromatic carbocycles. The van der Waals surface area contributed by atoms with Crippen LogP contribution in [0.3, 0.4) is 0 Å². The van der Waals surface area contributed by atoms with E-state index in [0.29, 0.717) is 0 Å². The predicted octanol–water partition coefficient (Wildman–Crippen LogP) is 7.17. The highest BCUT2D eigenvalue weighted by molar-refractivity contribution is 9.10. The Morgan fingerprint density at radius 1 is 0.676 bits per heavy atom. The first-order valence-corrected chi connectivity index (χ1v) is 12.6. The van der Waals surface area contributed by atoms with Gasteiger partial charge in [0.1, 0.15) is 0 Å². The molecule has 1 heteroatoms. The van der Waals surface area contributed by atoms with Gasteiger partial charge in [-0.1, -0.05) is 92.7 Å². The third kappa shape index (κ3) is 2.71. The van der Waals surface area contributed by atoms with Crippen LogP contribution in [0.4, 0.5) is 0 Å². The molecular weight excluding hydrogens is 476 g/mol. The number of hydrogen-bond donors (Lipinski definition) is 0. The summed E-state index contributed by atoms with van der Waals surface area (Å²) in [7, 11) is 0.